The Kier molecular flexibility index (Phi) is 6.12. The average Bonchev–Trinajstić information content (AvgIpc) is 3.31. The Labute approximate surface area is 156 Å². The smallest absolute Gasteiger partial charge is 0.344 e. The van der Waals surface area contributed by atoms with Crippen molar-refractivity contribution in [2.24, 2.45) is 0 Å². The van der Waals surface area contributed by atoms with Crippen molar-refractivity contribution in [3.8, 4) is 5.75 Å². The first kappa shape index (κ1) is 18.3. The van der Waals surface area contributed by atoms with Gasteiger partial charge < -0.3 is 14.8 Å². The van der Waals surface area contributed by atoms with Crippen LogP contribution in [0, 0.1) is 0 Å². The molecule has 1 N–H and O–H groups in total. The molecule has 0 aliphatic heterocycles. The largest absolute Gasteiger partial charge is 0.482 e. The van der Waals surface area contributed by atoms with Crippen LogP contribution in [0.1, 0.15) is 31.7 Å². The number of hydrogen-bond donors (Lipinski definition) is 1. The lowest BCUT2D eigenvalue weighted by Crippen LogP contribution is -2.25. The van der Waals surface area contributed by atoms with Crippen LogP contribution in [-0.4, -0.2) is 34.9 Å². The van der Waals surface area contributed by atoms with Gasteiger partial charge in [0, 0.05) is 11.1 Å². The molecule has 0 atom stereocenters. The van der Waals surface area contributed by atoms with Gasteiger partial charge in [0.25, 0.3) is 5.91 Å². The lowest BCUT2D eigenvalue weighted by atomic mass is 10.2. The number of amides is 1. The van der Waals surface area contributed by atoms with E-state index in [1.807, 2.05) is 4.68 Å². The zero-order valence-corrected chi connectivity index (χ0v) is 14.9. The van der Waals surface area contributed by atoms with Crippen molar-refractivity contribution in [3.63, 3.8) is 0 Å². The number of hydrogen-bond acceptors (Lipinski definition) is 5. The number of benzene rings is 1. The molecule has 1 heterocycles. The third-order valence-corrected chi connectivity index (χ3v) is 4.39. The molecule has 0 saturated heterocycles. The van der Waals surface area contributed by atoms with Crippen LogP contribution in [0.25, 0.3) is 0 Å². The summed E-state index contributed by atoms with van der Waals surface area (Å²) in [5.41, 5.74) is 0. The van der Waals surface area contributed by atoms with Crippen LogP contribution in [-0.2, 0) is 14.3 Å². The molecule has 1 amide bonds. The van der Waals surface area contributed by atoms with Gasteiger partial charge in [-0.1, -0.05) is 24.4 Å². The van der Waals surface area contributed by atoms with Gasteiger partial charge in [0.2, 0.25) is 0 Å². The molecule has 7 nitrogen and oxygen atoms in total. The molecule has 3 rings (SSSR count). The number of carbonyl (C=O) groups is 2. The molecule has 1 fully saturated rings. The first-order valence-corrected chi connectivity index (χ1v) is 8.87. The summed E-state index contributed by atoms with van der Waals surface area (Å²) in [4.78, 5) is 23.7. The summed E-state index contributed by atoms with van der Waals surface area (Å²) in [5, 5.41) is 7.59. The maximum Gasteiger partial charge on any atom is 0.344 e. The summed E-state index contributed by atoms with van der Waals surface area (Å²) < 4.78 is 12.0. The molecule has 0 bridgehead atoms. The van der Waals surface area contributed by atoms with E-state index in [1.165, 1.54) is 12.8 Å². The van der Waals surface area contributed by atoms with Gasteiger partial charge in [-0.15, -0.1) is 0 Å². The van der Waals surface area contributed by atoms with E-state index < -0.39 is 11.9 Å². The Balaban J connectivity index is 1.42. The van der Waals surface area contributed by atoms with Crippen molar-refractivity contribution >= 4 is 29.3 Å². The number of carbonyl (C=O) groups excluding carboxylic acids is 2. The van der Waals surface area contributed by atoms with E-state index in [0.717, 1.165) is 12.8 Å². The topological polar surface area (TPSA) is 82.5 Å². The average molecular weight is 378 g/mol. The van der Waals surface area contributed by atoms with Crippen LogP contribution in [0.3, 0.4) is 0 Å². The molecule has 1 aromatic carbocycles. The molecular weight excluding hydrogens is 358 g/mol. The monoisotopic (exact) mass is 377 g/mol. The van der Waals surface area contributed by atoms with Gasteiger partial charge in [0.15, 0.2) is 13.2 Å². The number of nitrogens with zero attached hydrogens (tertiary/aromatic N) is 2. The number of halogens is 1. The van der Waals surface area contributed by atoms with E-state index in [9.17, 15) is 9.59 Å². The minimum Gasteiger partial charge on any atom is -0.482 e. The second-order valence-corrected chi connectivity index (χ2v) is 6.49. The van der Waals surface area contributed by atoms with Gasteiger partial charge >= 0.3 is 5.97 Å². The Morgan fingerprint density at radius 1 is 1.15 bits per heavy atom. The van der Waals surface area contributed by atoms with E-state index in [4.69, 9.17) is 21.1 Å². The maximum atomic E-state index is 12.0. The Bertz CT molecular complexity index is 754. The van der Waals surface area contributed by atoms with Gasteiger partial charge in [-0.3, -0.25) is 4.79 Å². The molecule has 1 aliphatic carbocycles. The summed E-state index contributed by atoms with van der Waals surface area (Å²) in [6.07, 6.45) is 6.11. The maximum absolute atomic E-state index is 12.0. The molecular formula is C18H20ClN3O4. The second kappa shape index (κ2) is 8.71. The first-order chi connectivity index (χ1) is 12.6. The molecule has 2 aromatic rings. The number of ether oxygens (including phenoxy) is 2. The first-order valence-electron chi connectivity index (χ1n) is 8.49. The number of rotatable bonds is 7. The van der Waals surface area contributed by atoms with Gasteiger partial charge in [-0.05, 0) is 37.1 Å². The minimum atomic E-state index is -0.626. The normalized spacial score (nSPS) is 14.2. The summed E-state index contributed by atoms with van der Waals surface area (Å²) >= 11 is 5.77. The van der Waals surface area contributed by atoms with Crippen LogP contribution in [0.15, 0.2) is 36.5 Å². The number of nitrogens with one attached hydrogen (secondary N) is 1. The van der Waals surface area contributed by atoms with E-state index in [2.05, 4.69) is 10.4 Å². The number of anilines is 1. The predicted octanol–water partition coefficient (Wildman–Crippen LogP) is 3.21. The summed E-state index contributed by atoms with van der Waals surface area (Å²) in [6.45, 7) is -0.659. The third-order valence-electron chi connectivity index (χ3n) is 4.14. The van der Waals surface area contributed by atoms with Crippen LogP contribution < -0.4 is 10.1 Å². The molecule has 0 unspecified atom stereocenters. The van der Waals surface area contributed by atoms with Crippen LogP contribution in [0.4, 0.5) is 5.82 Å². The molecule has 1 saturated carbocycles. The lowest BCUT2D eigenvalue weighted by Gasteiger charge is -2.14. The molecule has 1 aromatic heterocycles. The van der Waals surface area contributed by atoms with Crippen LogP contribution >= 0.6 is 11.6 Å². The van der Waals surface area contributed by atoms with Crippen molar-refractivity contribution < 1.29 is 19.1 Å². The standard InChI is InChI=1S/C18H20ClN3O4/c19-13-5-7-15(8-6-13)25-12-18(24)26-11-17(23)21-16-9-10-20-22(16)14-3-1-2-4-14/h5-10,14H,1-4,11-12H2,(H,21,23). The molecule has 0 radical (unpaired) electrons. The SMILES string of the molecule is O=C(COC(=O)COc1ccc(Cl)cc1)Nc1ccnn1C1CCCC1. The Morgan fingerprint density at radius 3 is 2.62 bits per heavy atom. The number of esters is 1. The van der Waals surface area contributed by atoms with Crippen LogP contribution in [0.2, 0.25) is 5.02 Å². The second-order valence-electron chi connectivity index (χ2n) is 6.05. The van der Waals surface area contributed by atoms with Gasteiger partial charge in [0.1, 0.15) is 11.6 Å². The van der Waals surface area contributed by atoms with Crippen molar-refractivity contribution in [1.29, 1.82) is 0 Å². The zero-order chi connectivity index (χ0) is 18.4. The van der Waals surface area contributed by atoms with E-state index in [-0.39, 0.29) is 13.2 Å². The molecule has 1 aliphatic rings. The van der Waals surface area contributed by atoms with Crippen molar-refractivity contribution in [1.82, 2.24) is 9.78 Å². The Hall–Kier alpha value is -2.54. The molecule has 26 heavy (non-hydrogen) atoms. The van der Waals surface area contributed by atoms with E-state index in [0.29, 0.717) is 22.6 Å². The fourth-order valence-corrected chi connectivity index (χ4v) is 3.02. The molecule has 138 valence electrons. The summed E-state index contributed by atoms with van der Waals surface area (Å²) in [6, 6.07) is 8.66. The van der Waals surface area contributed by atoms with Crippen LogP contribution in [0.5, 0.6) is 5.75 Å². The quantitative estimate of drug-likeness (QED) is 0.749. The lowest BCUT2D eigenvalue weighted by molar-refractivity contribution is -0.149. The van der Waals surface area contributed by atoms with Crippen molar-refractivity contribution in [3.05, 3.63) is 41.6 Å². The fourth-order valence-electron chi connectivity index (χ4n) is 2.89. The summed E-state index contributed by atoms with van der Waals surface area (Å²) in [7, 11) is 0. The highest BCUT2D eigenvalue weighted by atomic mass is 35.5. The van der Waals surface area contributed by atoms with Gasteiger partial charge in [-0.2, -0.15) is 5.10 Å². The minimum absolute atomic E-state index is 0.283. The van der Waals surface area contributed by atoms with Crippen molar-refractivity contribution in [2.45, 2.75) is 31.7 Å². The fraction of sp³-hybridized carbons (Fsp3) is 0.389. The Morgan fingerprint density at radius 2 is 1.88 bits per heavy atom. The highest BCUT2D eigenvalue weighted by Gasteiger charge is 2.20. The summed E-state index contributed by atoms with van der Waals surface area (Å²) in [5.74, 6) is 0.0793. The number of aromatic nitrogens is 2. The predicted molar refractivity (Wildman–Crippen MR) is 96.3 cm³/mol. The third kappa shape index (κ3) is 4.98. The highest BCUT2D eigenvalue weighted by molar-refractivity contribution is 6.30. The highest BCUT2D eigenvalue weighted by Crippen LogP contribution is 2.31. The van der Waals surface area contributed by atoms with Crippen molar-refractivity contribution in [2.75, 3.05) is 18.5 Å². The zero-order valence-electron chi connectivity index (χ0n) is 14.2. The van der Waals surface area contributed by atoms with Gasteiger partial charge in [0.05, 0.1) is 12.2 Å². The van der Waals surface area contributed by atoms with E-state index >= 15 is 0 Å². The molecule has 0 spiro atoms. The van der Waals surface area contributed by atoms with Gasteiger partial charge in [-0.25, -0.2) is 9.48 Å². The van der Waals surface area contributed by atoms with E-state index in [1.54, 1.807) is 36.5 Å². The molecule has 8 heteroatoms.